The molecule has 1 aliphatic heterocycles. The molecule has 0 N–H and O–H groups in total. The second-order valence-corrected chi connectivity index (χ2v) is 7.62. The van der Waals surface area contributed by atoms with Gasteiger partial charge in [0.05, 0.1) is 6.26 Å². The number of piperazine rings is 1. The molecular formula is C22H28N2O3. The minimum absolute atomic E-state index is 0.105. The first kappa shape index (κ1) is 19.2. The van der Waals surface area contributed by atoms with Gasteiger partial charge in [-0.25, -0.2) is 0 Å². The van der Waals surface area contributed by atoms with E-state index in [9.17, 15) is 9.59 Å². The monoisotopic (exact) mass is 368 g/mol. The Kier molecular flexibility index (Phi) is 5.99. The van der Waals surface area contributed by atoms with Crippen LogP contribution in [0.5, 0.6) is 0 Å². The van der Waals surface area contributed by atoms with E-state index in [1.54, 1.807) is 17.0 Å². The predicted molar refractivity (Wildman–Crippen MR) is 105 cm³/mol. The maximum absolute atomic E-state index is 12.9. The van der Waals surface area contributed by atoms with E-state index in [0.717, 1.165) is 0 Å². The zero-order valence-electron chi connectivity index (χ0n) is 16.4. The molecule has 1 aromatic heterocycles. The highest BCUT2D eigenvalue weighted by Crippen LogP contribution is 2.29. The summed E-state index contributed by atoms with van der Waals surface area (Å²) < 4.78 is 5.19. The zero-order valence-corrected chi connectivity index (χ0v) is 16.4. The van der Waals surface area contributed by atoms with Crippen LogP contribution in [0.4, 0.5) is 0 Å². The van der Waals surface area contributed by atoms with Crippen LogP contribution in [0.2, 0.25) is 0 Å². The number of nitrogens with zero attached hydrogens (tertiary/aromatic N) is 2. The van der Waals surface area contributed by atoms with E-state index in [-0.39, 0.29) is 17.7 Å². The van der Waals surface area contributed by atoms with Gasteiger partial charge < -0.3 is 14.2 Å². The molecule has 27 heavy (non-hydrogen) atoms. The molecule has 1 aromatic carbocycles. The largest absolute Gasteiger partial charge is 0.459 e. The van der Waals surface area contributed by atoms with Crippen molar-refractivity contribution < 1.29 is 14.0 Å². The Balaban J connectivity index is 1.58. The van der Waals surface area contributed by atoms with E-state index in [1.165, 1.54) is 17.4 Å². The van der Waals surface area contributed by atoms with Gasteiger partial charge in [-0.3, -0.25) is 9.59 Å². The third-order valence-corrected chi connectivity index (χ3v) is 5.36. The fraction of sp³-hybridized carbons (Fsp3) is 0.455. The number of rotatable bonds is 5. The molecule has 5 heteroatoms. The summed E-state index contributed by atoms with van der Waals surface area (Å²) in [5.41, 5.74) is 2.44. The summed E-state index contributed by atoms with van der Waals surface area (Å²) in [5, 5.41) is 0. The lowest BCUT2D eigenvalue weighted by atomic mass is 9.85. The minimum Gasteiger partial charge on any atom is -0.459 e. The average Bonchev–Trinajstić information content (AvgIpc) is 3.21. The number of amides is 2. The van der Waals surface area contributed by atoms with Crippen LogP contribution >= 0.6 is 0 Å². The molecule has 2 amide bonds. The summed E-state index contributed by atoms with van der Waals surface area (Å²) in [5.74, 6) is 1.01. The molecule has 0 aliphatic carbocycles. The molecule has 2 aromatic rings. The minimum atomic E-state index is -0.105. The van der Waals surface area contributed by atoms with E-state index in [0.29, 0.717) is 44.3 Å². The van der Waals surface area contributed by atoms with Crippen molar-refractivity contribution in [3.05, 3.63) is 59.5 Å². The summed E-state index contributed by atoms with van der Waals surface area (Å²) in [6.45, 7) is 8.64. The third kappa shape index (κ3) is 4.59. The smallest absolute Gasteiger partial charge is 0.289 e. The summed E-state index contributed by atoms with van der Waals surface area (Å²) in [6, 6.07) is 11.9. The molecule has 1 unspecified atom stereocenters. The van der Waals surface area contributed by atoms with Crippen LogP contribution in [0.3, 0.4) is 0 Å². The lowest BCUT2D eigenvalue weighted by Gasteiger charge is -2.35. The van der Waals surface area contributed by atoms with Crippen molar-refractivity contribution in [1.82, 2.24) is 9.80 Å². The zero-order chi connectivity index (χ0) is 19.4. The Bertz CT molecular complexity index is 757. The van der Waals surface area contributed by atoms with E-state index in [4.69, 9.17) is 4.42 Å². The lowest BCUT2D eigenvalue weighted by Crippen LogP contribution is -2.50. The normalized spacial score (nSPS) is 15.9. The molecule has 1 aliphatic rings. The first-order valence-electron chi connectivity index (χ1n) is 9.63. The number of hydrogen-bond donors (Lipinski definition) is 0. The second kappa shape index (κ2) is 8.42. The standard InChI is InChI=1S/C22H28N2O3/c1-16(2)19(18-8-6-17(3)7-9-18)15-21(25)23-10-12-24(13-11-23)22(26)20-5-4-14-27-20/h4-9,14,16,19H,10-13,15H2,1-3H3. The molecule has 0 saturated carbocycles. The number of benzene rings is 1. The van der Waals surface area contributed by atoms with Crippen LogP contribution in [-0.4, -0.2) is 47.8 Å². The van der Waals surface area contributed by atoms with Crippen LogP contribution in [-0.2, 0) is 4.79 Å². The number of hydrogen-bond acceptors (Lipinski definition) is 3. The van der Waals surface area contributed by atoms with E-state index < -0.39 is 0 Å². The van der Waals surface area contributed by atoms with Crippen molar-refractivity contribution in [2.24, 2.45) is 5.92 Å². The second-order valence-electron chi connectivity index (χ2n) is 7.62. The quantitative estimate of drug-likeness (QED) is 0.809. The highest BCUT2D eigenvalue weighted by molar-refractivity contribution is 5.91. The molecule has 1 atom stereocenters. The van der Waals surface area contributed by atoms with Gasteiger partial charge in [0, 0.05) is 32.6 Å². The van der Waals surface area contributed by atoms with Crippen LogP contribution in [0, 0.1) is 12.8 Å². The maximum atomic E-state index is 12.9. The van der Waals surface area contributed by atoms with Crippen molar-refractivity contribution in [1.29, 1.82) is 0 Å². The summed E-state index contributed by atoms with van der Waals surface area (Å²) in [7, 11) is 0. The van der Waals surface area contributed by atoms with Gasteiger partial charge in [-0.2, -0.15) is 0 Å². The number of aryl methyl sites for hydroxylation is 1. The molecule has 1 saturated heterocycles. The van der Waals surface area contributed by atoms with E-state index >= 15 is 0 Å². The van der Waals surface area contributed by atoms with Crippen molar-refractivity contribution >= 4 is 11.8 Å². The fourth-order valence-corrected chi connectivity index (χ4v) is 3.58. The predicted octanol–water partition coefficient (Wildman–Crippen LogP) is 3.70. The molecule has 5 nitrogen and oxygen atoms in total. The van der Waals surface area contributed by atoms with E-state index in [1.807, 2.05) is 4.90 Å². The molecule has 0 radical (unpaired) electrons. The third-order valence-electron chi connectivity index (χ3n) is 5.36. The number of carbonyl (C=O) groups excluding carboxylic acids is 2. The van der Waals surface area contributed by atoms with Crippen molar-refractivity contribution in [3.63, 3.8) is 0 Å². The Labute approximate surface area is 160 Å². The number of furan rings is 1. The molecule has 1 fully saturated rings. The first-order chi connectivity index (χ1) is 13.0. The van der Waals surface area contributed by atoms with Crippen LogP contribution in [0.1, 0.15) is 47.9 Å². The Morgan fingerprint density at radius 1 is 1.00 bits per heavy atom. The SMILES string of the molecule is Cc1ccc(C(CC(=O)N2CCN(C(=O)c3ccco3)CC2)C(C)C)cc1. The van der Waals surface area contributed by atoms with E-state index in [2.05, 4.69) is 45.0 Å². The van der Waals surface area contributed by atoms with Gasteiger partial charge in [-0.15, -0.1) is 0 Å². The van der Waals surface area contributed by atoms with Gasteiger partial charge in [0.25, 0.3) is 5.91 Å². The molecule has 144 valence electrons. The highest BCUT2D eigenvalue weighted by Gasteiger charge is 2.28. The van der Waals surface area contributed by atoms with Crippen LogP contribution in [0.15, 0.2) is 47.1 Å². The summed E-state index contributed by atoms with van der Waals surface area (Å²) in [4.78, 5) is 28.8. The van der Waals surface area contributed by atoms with Crippen molar-refractivity contribution in [2.75, 3.05) is 26.2 Å². The van der Waals surface area contributed by atoms with Gasteiger partial charge in [-0.05, 0) is 36.5 Å². The fourth-order valence-electron chi connectivity index (χ4n) is 3.58. The van der Waals surface area contributed by atoms with Crippen LogP contribution < -0.4 is 0 Å². The summed E-state index contributed by atoms with van der Waals surface area (Å²) >= 11 is 0. The molecular weight excluding hydrogens is 340 g/mol. The Hall–Kier alpha value is -2.56. The lowest BCUT2D eigenvalue weighted by molar-refractivity contribution is -0.133. The van der Waals surface area contributed by atoms with Crippen molar-refractivity contribution in [2.45, 2.75) is 33.1 Å². The maximum Gasteiger partial charge on any atom is 0.289 e. The average molecular weight is 368 g/mol. The van der Waals surface area contributed by atoms with Gasteiger partial charge in [0.1, 0.15) is 0 Å². The molecule has 0 bridgehead atoms. The van der Waals surface area contributed by atoms with Gasteiger partial charge in [0.2, 0.25) is 5.91 Å². The first-order valence-corrected chi connectivity index (χ1v) is 9.63. The topological polar surface area (TPSA) is 53.8 Å². The Morgan fingerprint density at radius 2 is 1.63 bits per heavy atom. The summed E-state index contributed by atoms with van der Waals surface area (Å²) in [6.07, 6.45) is 2.01. The number of carbonyl (C=O) groups is 2. The van der Waals surface area contributed by atoms with Crippen LogP contribution in [0.25, 0.3) is 0 Å². The van der Waals surface area contributed by atoms with Gasteiger partial charge in [-0.1, -0.05) is 43.7 Å². The van der Waals surface area contributed by atoms with Crippen molar-refractivity contribution in [3.8, 4) is 0 Å². The highest BCUT2D eigenvalue weighted by atomic mass is 16.3. The molecule has 2 heterocycles. The van der Waals surface area contributed by atoms with Gasteiger partial charge >= 0.3 is 0 Å². The molecule has 3 rings (SSSR count). The Morgan fingerprint density at radius 3 is 2.19 bits per heavy atom. The van der Waals surface area contributed by atoms with Gasteiger partial charge in [0.15, 0.2) is 5.76 Å². The molecule has 0 spiro atoms.